The van der Waals surface area contributed by atoms with E-state index in [0.29, 0.717) is 21.7 Å². The topological polar surface area (TPSA) is 46.2 Å². The van der Waals surface area contributed by atoms with E-state index in [2.05, 4.69) is 15.6 Å². The molecule has 0 saturated heterocycles. The Hall–Kier alpha value is -2.70. The summed E-state index contributed by atoms with van der Waals surface area (Å²) in [6.45, 7) is -0.0231. The number of hydrogen-bond acceptors (Lipinski definition) is 3. The van der Waals surface area contributed by atoms with Gasteiger partial charge in [-0.2, -0.15) is 0 Å². The van der Waals surface area contributed by atoms with Crippen molar-refractivity contribution in [3.8, 4) is 5.75 Å². The van der Waals surface area contributed by atoms with Gasteiger partial charge in [-0.05, 0) is 48.6 Å². The first-order chi connectivity index (χ1) is 12.6. The molecule has 0 amide bonds. The Morgan fingerprint density at radius 3 is 2.62 bits per heavy atom. The van der Waals surface area contributed by atoms with Crippen molar-refractivity contribution in [1.29, 1.82) is 0 Å². The van der Waals surface area contributed by atoms with Crippen LogP contribution in [0.15, 0.2) is 66.9 Å². The van der Waals surface area contributed by atoms with E-state index in [0.717, 1.165) is 5.69 Å². The molecule has 0 fully saturated rings. The number of ether oxygens (including phenoxy) is 1. The van der Waals surface area contributed by atoms with E-state index < -0.39 is 5.82 Å². The summed E-state index contributed by atoms with van der Waals surface area (Å²) < 4.78 is 19.6. The van der Waals surface area contributed by atoms with Crippen molar-refractivity contribution < 1.29 is 9.13 Å². The molecule has 1 aromatic heterocycles. The maximum Gasteiger partial charge on any atom is 0.176 e. The molecule has 0 bridgehead atoms. The van der Waals surface area contributed by atoms with E-state index in [1.165, 1.54) is 6.07 Å². The van der Waals surface area contributed by atoms with E-state index in [4.69, 9.17) is 28.6 Å². The van der Waals surface area contributed by atoms with Gasteiger partial charge >= 0.3 is 0 Å². The number of benzene rings is 2. The van der Waals surface area contributed by atoms with Gasteiger partial charge in [0.15, 0.2) is 16.7 Å². The van der Waals surface area contributed by atoms with Gasteiger partial charge in [-0.25, -0.2) is 9.37 Å². The normalized spacial score (nSPS) is 10.2. The van der Waals surface area contributed by atoms with Gasteiger partial charge in [-0.1, -0.05) is 35.9 Å². The van der Waals surface area contributed by atoms with Crippen LogP contribution in [-0.2, 0) is 6.61 Å². The van der Waals surface area contributed by atoms with Crippen molar-refractivity contribution in [2.45, 2.75) is 6.61 Å². The second-order valence-electron chi connectivity index (χ2n) is 5.28. The largest absolute Gasteiger partial charge is 0.485 e. The lowest BCUT2D eigenvalue weighted by molar-refractivity contribution is 0.300. The third-order valence-corrected chi connectivity index (χ3v) is 4.03. The van der Waals surface area contributed by atoms with Crippen molar-refractivity contribution in [2.24, 2.45) is 0 Å². The van der Waals surface area contributed by atoms with E-state index in [-0.39, 0.29) is 12.2 Å². The molecule has 0 saturated carbocycles. The zero-order valence-electron chi connectivity index (χ0n) is 13.6. The van der Waals surface area contributed by atoms with Gasteiger partial charge in [-0.3, -0.25) is 0 Å². The number of hydrogen-bond donors (Lipinski definition) is 2. The monoisotopic (exact) mass is 387 g/mol. The average Bonchev–Trinajstić information content (AvgIpc) is 2.63. The number of pyridine rings is 1. The SMILES string of the molecule is Fc1cccc(Cl)c1COc1cccnc1NC(=S)Nc1ccccc1. The molecule has 0 unspecified atom stereocenters. The van der Waals surface area contributed by atoms with Crippen LogP contribution in [0, 0.1) is 5.82 Å². The maximum absolute atomic E-state index is 13.9. The predicted molar refractivity (Wildman–Crippen MR) is 106 cm³/mol. The van der Waals surface area contributed by atoms with Crippen molar-refractivity contribution in [3.63, 3.8) is 0 Å². The summed E-state index contributed by atoms with van der Waals surface area (Å²) in [5.41, 5.74) is 1.13. The first-order valence-corrected chi connectivity index (χ1v) is 8.56. The third-order valence-electron chi connectivity index (χ3n) is 3.47. The maximum atomic E-state index is 13.9. The van der Waals surface area contributed by atoms with Crippen LogP contribution in [0.5, 0.6) is 5.75 Å². The molecule has 4 nitrogen and oxygen atoms in total. The zero-order valence-corrected chi connectivity index (χ0v) is 15.2. The minimum Gasteiger partial charge on any atom is -0.485 e. The van der Waals surface area contributed by atoms with Gasteiger partial charge in [0.2, 0.25) is 0 Å². The van der Waals surface area contributed by atoms with Crippen LogP contribution >= 0.6 is 23.8 Å². The van der Waals surface area contributed by atoms with Gasteiger partial charge in [0.05, 0.1) is 5.02 Å². The summed E-state index contributed by atoms with van der Waals surface area (Å²) in [6, 6.07) is 17.4. The van der Waals surface area contributed by atoms with Crippen LogP contribution in [0.2, 0.25) is 5.02 Å². The molecular formula is C19H15ClFN3OS. The van der Waals surface area contributed by atoms with Crippen LogP contribution < -0.4 is 15.4 Å². The molecule has 0 aliphatic heterocycles. The Balaban J connectivity index is 1.69. The fourth-order valence-electron chi connectivity index (χ4n) is 2.21. The number of rotatable bonds is 5. The minimum atomic E-state index is -0.419. The highest BCUT2D eigenvalue weighted by Gasteiger charge is 2.11. The smallest absolute Gasteiger partial charge is 0.176 e. The number of para-hydroxylation sites is 1. The number of halogens is 2. The Labute approximate surface area is 161 Å². The van der Waals surface area contributed by atoms with Crippen molar-refractivity contribution >= 4 is 40.4 Å². The van der Waals surface area contributed by atoms with E-state index >= 15 is 0 Å². The van der Waals surface area contributed by atoms with E-state index in [1.54, 1.807) is 30.5 Å². The van der Waals surface area contributed by atoms with Gasteiger partial charge in [0.1, 0.15) is 12.4 Å². The Morgan fingerprint density at radius 2 is 1.85 bits per heavy atom. The highest BCUT2D eigenvalue weighted by Crippen LogP contribution is 2.25. The zero-order chi connectivity index (χ0) is 18.4. The Morgan fingerprint density at radius 1 is 1.04 bits per heavy atom. The van der Waals surface area contributed by atoms with Gasteiger partial charge in [0, 0.05) is 17.4 Å². The highest BCUT2D eigenvalue weighted by atomic mass is 35.5. The van der Waals surface area contributed by atoms with Crippen LogP contribution in [0.4, 0.5) is 15.9 Å². The lowest BCUT2D eigenvalue weighted by atomic mass is 10.2. The molecule has 3 aromatic rings. The van der Waals surface area contributed by atoms with Crippen molar-refractivity contribution in [3.05, 3.63) is 83.3 Å². The number of thiocarbonyl (C=S) groups is 1. The molecule has 2 aromatic carbocycles. The standard InChI is InChI=1S/C19H15ClFN3OS/c20-15-8-4-9-16(21)14(15)12-25-17-10-5-11-22-18(17)24-19(26)23-13-6-2-1-3-7-13/h1-11H,12H2,(H2,22,23,24,26). The van der Waals surface area contributed by atoms with E-state index in [1.807, 2.05) is 30.3 Å². The summed E-state index contributed by atoms with van der Waals surface area (Å²) >= 11 is 11.3. The number of anilines is 2. The highest BCUT2D eigenvalue weighted by molar-refractivity contribution is 7.80. The molecule has 2 N–H and O–H groups in total. The molecule has 7 heteroatoms. The lowest BCUT2D eigenvalue weighted by Gasteiger charge is -2.14. The summed E-state index contributed by atoms with van der Waals surface area (Å²) in [7, 11) is 0. The molecule has 0 spiro atoms. The van der Waals surface area contributed by atoms with Gasteiger partial charge in [-0.15, -0.1) is 0 Å². The summed E-state index contributed by atoms with van der Waals surface area (Å²) in [6.07, 6.45) is 1.61. The second kappa shape index (κ2) is 8.60. The molecule has 26 heavy (non-hydrogen) atoms. The summed E-state index contributed by atoms with van der Waals surface area (Å²) in [4.78, 5) is 4.23. The molecule has 0 atom stereocenters. The van der Waals surface area contributed by atoms with Gasteiger partial charge < -0.3 is 15.4 Å². The summed E-state index contributed by atoms with van der Waals surface area (Å²) in [5, 5.41) is 6.71. The quantitative estimate of drug-likeness (QED) is 0.584. The first-order valence-electron chi connectivity index (χ1n) is 7.77. The second-order valence-corrected chi connectivity index (χ2v) is 6.10. The molecular weight excluding hydrogens is 373 g/mol. The average molecular weight is 388 g/mol. The van der Waals surface area contributed by atoms with Gasteiger partial charge in [0.25, 0.3) is 0 Å². The van der Waals surface area contributed by atoms with Crippen molar-refractivity contribution in [2.75, 3.05) is 10.6 Å². The fraction of sp³-hybridized carbons (Fsp3) is 0.0526. The minimum absolute atomic E-state index is 0.0231. The number of nitrogens with zero attached hydrogens (tertiary/aromatic N) is 1. The van der Waals surface area contributed by atoms with Crippen LogP contribution in [0.3, 0.4) is 0 Å². The summed E-state index contributed by atoms with van der Waals surface area (Å²) in [5.74, 6) is 0.439. The molecule has 1 heterocycles. The molecule has 0 radical (unpaired) electrons. The van der Waals surface area contributed by atoms with Crippen LogP contribution in [0.25, 0.3) is 0 Å². The van der Waals surface area contributed by atoms with Crippen LogP contribution in [-0.4, -0.2) is 10.1 Å². The van der Waals surface area contributed by atoms with E-state index in [9.17, 15) is 4.39 Å². The molecule has 0 aliphatic carbocycles. The molecule has 132 valence electrons. The third kappa shape index (κ3) is 4.68. The van der Waals surface area contributed by atoms with Crippen molar-refractivity contribution in [1.82, 2.24) is 4.98 Å². The predicted octanol–water partition coefficient (Wildman–Crippen LogP) is 5.26. The molecule has 0 aliphatic rings. The first kappa shape index (κ1) is 18.1. The fourth-order valence-corrected chi connectivity index (χ4v) is 2.64. The number of nitrogens with one attached hydrogen (secondary N) is 2. The Bertz CT molecular complexity index is 888. The Kier molecular flexibility index (Phi) is 5.99. The molecule has 3 rings (SSSR count). The lowest BCUT2D eigenvalue weighted by Crippen LogP contribution is -2.20. The number of aromatic nitrogens is 1. The van der Waals surface area contributed by atoms with Crippen LogP contribution in [0.1, 0.15) is 5.56 Å².